The Morgan fingerprint density at radius 1 is 1.23 bits per heavy atom. The first-order chi connectivity index (χ1) is 18.4. The maximum Gasteiger partial charge on any atom is 0.410 e. The lowest BCUT2D eigenvalue weighted by Crippen LogP contribution is -2.57. The summed E-state index contributed by atoms with van der Waals surface area (Å²) in [5.74, 6) is 0.00131. The number of piperazine rings is 1. The van der Waals surface area contributed by atoms with E-state index in [0.29, 0.717) is 42.8 Å². The van der Waals surface area contributed by atoms with Gasteiger partial charge in [0, 0.05) is 31.4 Å². The molecule has 4 aliphatic heterocycles. The first-order valence-electron chi connectivity index (χ1n) is 13.6. The van der Waals surface area contributed by atoms with E-state index < -0.39 is 17.6 Å². The number of carbonyl (C=O) groups excluding carboxylic acids is 1. The lowest BCUT2D eigenvalue weighted by atomic mass is 9.95. The highest BCUT2D eigenvalue weighted by molar-refractivity contribution is 9.10. The Labute approximate surface area is 240 Å². The molecule has 2 aromatic rings. The molecule has 12 heteroatoms. The molecular weight excluding hydrogens is 596 g/mol. The number of hydrogen-bond acceptors (Lipinski definition) is 7. The molecule has 2 bridgehead atoms. The number of nitrogens with zero attached hydrogens (tertiary/aromatic N) is 5. The summed E-state index contributed by atoms with van der Waals surface area (Å²) < 4.78 is 41.1. The van der Waals surface area contributed by atoms with Gasteiger partial charge in [0.2, 0.25) is 0 Å². The molecule has 4 aliphatic rings. The Balaban J connectivity index is 1.32. The van der Waals surface area contributed by atoms with Gasteiger partial charge >= 0.3 is 12.1 Å². The predicted molar refractivity (Wildman–Crippen MR) is 148 cm³/mol. The minimum absolute atomic E-state index is 0.0605. The number of alkyl halides is 1. The Morgan fingerprint density at radius 2 is 1.95 bits per heavy atom. The largest absolute Gasteiger partial charge is 0.461 e. The third kappa shape index (κ3) is 4.92. The Bertz CT molecular complexity index is 1300. The summed E-state index contributed by atoms with van der Waals surface area (Å²) in [6, 6.07) is 1.39. The third-order valence-corrected chi connectivity index (χ3v) is 9.77. The first kappa shape index (κ1) is 27.2. The summed E-state index contributed by atoms with van der Waals surface area (Å²) in [6.45, 7) is 8.16. The minimum atomic E-state index is -0.868. The summed E-state index contributed by atoms with van der Waals surface area (Å²) >= 11 is 9.80. The van der Waals surface area contributed by atoms with Crippen LogP contribution in [0.3, 0.4) is 0 Å². The molecule has 6 rings (SSSR count). The van der Waals surface area contributed by atoms with Gasteiger partial charge in [-0.2, -0.15) is 9.97 Å². The molecule has 0 radical (unpaired) electrons. The molecule has 0 saturated carbocycles. The number of ether oxygens (including phenoxy) is 2. The molecule has 8 nitrogen and oxygen atoms in total. The van der Waals surface area contributed by atoms with Crippen molar-refractivity contribution >= 4 is 50.3 Å². The van der Waals surface area contributed by atoms with Crippen LogP contribution in [0.25, 0.3) is 10.9 Å². The van der Waals surface area contributed by atoms with Crippen LogP contribution in [-0.2, 0) is 4.74 Å². The number of anilines is 1. The molecule has 1 amide bonds. The number of benzene rings is 1. The highest BCUT2D eigenvalue weighted by Crippen LogP contribution is 2.42. The van der Waals surface area contributed by atoms with E-state index in [1.54, 1.807) is 0 Å². The van der Waals surface area contributed by atoms with Crippen molar-refractivity contribution in [3.8, 4) is 6.01 Å². The Hall–Kier alpha value is -1.98. The number of carbonyl (C=O) groups is 1. The third-order valence-electron chi connectivity index (χ3n) is 8.40. The molecule has 2 unspecified atom stereocenters. The van der Waals surface area contributed by atoms with Crippen molar-refractivity contribution < 1.29 is 23.0 Å². The van der Waals surface area contributed by atoms with E-state index in [1.165, 1.54) is 6.07 Å². The van der Waals surface area contributed by atoms with Crippen LogP contribution < -0.4 is 9.64 Å². The molecule has 0 aliphatic carbocycles. The van der Waals surface area contributed by atoms with Gasteiger partial charge in [-0.25, -0.2) is 13.6 Å². The van der Waals surface area contributed by atoms with E-state index in [9.17, 15) is 13.6 Å². The number of rotatable bonds is 4. The average molecular weight is 629 g/mol. The zero-order chi connectivity index (χ0) is 27.7. The number of halogens is 4. The van der Waals surface area contributed by atoms with Crippen molar-refractivity contribution in [2.24, 2.45) is 0 Å². The normalized spacial score (nSPS) is 28.8. The number of amides is 1. The van der Waals surface area contributed by atoms with E-state index in [1.807, 2.05) is 25.7 Å². The van der Waals surface area contributed by atoms with E-state index in [0.717, 1.165) is 32.2 Å². The second-order valence-electron chi connectivity index (χ2n) is 12.3. The average Bonchev–Trinajstić information content (AvgIpc) is 3.47. The van der Waals surface area contributed by atoms with Crippen molar-refractivity contribution in [1.29, 1.82) is 0 Å². The number of hydrogen-bond donors (Lipinski definition) is 0. The second kappa shape index (κ2) is 9.83. The molecule has 1 aromatic heterocycles. The molecule has 5 heterocycles. The SMILES string of the molecule is CC(C)(C)OC(=O)N1C2CCC1CN(c1nc(OC[C@@]34CCCN3C[C@H](F)C4)nc3c(Cl)c(Br)c(F)cc13)C2. The zero-order valence-electron chi connectivity index (χ0n) is 22.4. The van der Waals surface area contributed by atoms with Gasteiger partial charge in [0.05, 0.1) is 32.6 Å². The second-order valence-corrected chi connectivity index (χ2v) is 13.4. The summed E-state index contributed by atoms with van der Waals surface area (Å²) in [5, 5.41) is 0.614. The fourth-order valence-electron chi connectivity index (χ4n) is 6.78. The van der Waals surface area contributed by atoms with Crippen LogP contribution >= 0.6 is 27.5 Å². The van der Waals surface area contributed by atoms with E-state index in [2.05, 4.69) is 30.7 Å². The highest BCUT2D eigenvalue weighted by Gasteiger charge is 2.50. The number of aromatic nitrogens is 2. The lowest BCUT2D eigenvalue weighted by Gasteiger charge is -2.42. The molecule has 4 fully saturated rings. The Kier molecular flexibility index (Phi) is 6.86. The van der Waals surface area contributed by atoms with E-state index >= 15 is 0 Å². The predicted octanol–water partition coefficient (Wildman–Crippen LogP) is 5.73. The van der Waals surface area contributed by atoms with Gasteiger partial charge in [-0.15, -0.1) is 0 Å². The van der Waals surface area contributed by atoms with Gasteiger partial charge in [0.25, 0.3) is 0 Å². The first-order valence-corrected chi connectivity index (χ1v) is 14.7. The lowest BCUT2D eigenvalue weighted by molar-refractivity contribution is 0.0122. The summed E-state index contributed by atoms with van der Waals surface area (Å²) in [5.41, 5.74) is -0.564. The van der Waals surface area contributed by atoms with Crippen LogP contribution in [0.5, 0.6) is 6.01 Å². The molecule has 39 heavy (non-hydrogen) atoms. The summed E-state index contributed by atoms with van der Waals surface area (Å²) in [4.78, 5) is 28.4. The van der Waals surface area contributed by atoms with Gasteiger partial charge in [-0.05, 0) is 75.0 Å². The molecule has 0 N–H and O–H groups in total. The van der Waals surface area contributed by atoms with Crippen LogP contribution in [0.2, 0.25) is 5.02 Å². The van der Waals surface area contributed by atoms with E-state index in [4.69, 9.17) is 26.1 Å². The summed E-state index contributed by atoms with van der Waals surface area (Å²) in [7, 11) is 0. The smallest absolute Gasteiger partial charge is 0.410 e. The topological polar surface area (TPSA) is 71.0 Å². The molecule has 4 atom stereocenters. The molecule has 4 saturated heterocycles. The summed E-state index contributed by atoms with van der Waals surface area (Å²) in [6.07, 6.45) is 2.80. The van der Waals surface area contributed by atoms with Gasteiger partial charge in [-0.3, -0.25) is 9.80 Å². The maximum atomic E-state index is 14.8. The molecule has 212 valence electrons. The van der Waals surface area contributed by atoms with Crippen LogP contribution in [0.1, 0.15) is 52.9 Å². The zero-order valence-corrected chi connectivity index (χ0v) is 24.7. The van der Waals surface area contributed by atoms with Gasteiger partial charge < -0.3 is 14.4 Å². The number of fused-ring (bicyclic) bond motifs is 4. The minimum Gasteiger partial charge on any atom is -0.461 e. The van der Waals surface area contributed by atoms with Crippen LogP contribution in [0.4, 0.5) is 19.4 Å². The van der Waals surface area contributed by atoms with Crippen LogP contribution in [0, 0.1) is 5.82 Å². The monoisotopic (exact) mass is 627 g/mol. The highest BCUT2D eigenvalue weighted by atomic mass is 79.9. The molecule has 1 aromatic carbocycles. The van der Waals surface area contributed by atoms with Crippen LogP contribution in [0.15, 0.2) is 10.5 Å². The molecular formula is C27H33BrClF2N5O3. The molecule has 0 spiro atoms. The van der Waals surface area contributed by atoms with Gasteiger partial charge in [0.15, 0.2) is 0 Å². The fourth-order valence-corrected chi connectivity index (χ4v) is 7.32. The van der Waals surface area contributed by atoms with Gasteiger partial charge in [0.1, 0.15) is 30.0 Å². The van der Waals surface area contributed by atoms with Crippen LogP contribution in [-0.4, -0.2) is 88.0 Å². The van der Waals surface area contributed by atoms with Gasteiger partial charge in [-0.1, -0.05) is 11.6 Å². The quantitative estimate of drug-likeness (QED) is 0.401. The van der Waals surface area contributed by atoms with Crippen molar-refractivity contribution in [2.75, 3.05) is 37.7 Å². The fraction of sp³-hybridized carbons (Fsp3) is 0.667. The Morgan fingerprint density at radius 3 is 2.64 bits per heavy atom. The van der Waals surface area contributed by atoms with Crippen molar-refractivity contribution in [2.45, 2.75) is 82.3 Å². The van der Waals surface area contributed by atoms with E-state index in [-0.39, 0.29) is 45.8 Å². The van der Waals surface area contributed by atoms with Crippen molar-refractivity contribution in [1.82, 2.24) is 19.8 Å². The van der Waals surface area contributed by atoms with Crippen molar-refractivity contribution in [3.05, 3.63) is 21.4 Å². The van der Waals surface area contributed by atoms with Crippen molar-refractivity contribution in [3.63, 3.8) is 0 Å². The standard InChI is InChI=1S/C27H33BrClF2N5O3/c1-26(2,3)39-25(37)36-16-5-6-17(36)13-34(12-16)23-18-9-19(31)20(28)21(29)22(18)32-24(33-23)38-14-27-7-4-8-35(27)11-15(30)10-27/h9,15-17H,4-8,10-14H2,1-3H3/t15-,16?,17?,27+/m1/s1. The maximum absolute atomic E-state index is 14.8.